The Balaban J connectivity index is 1.34. The van der Waals surface area contributed by atoms with Gasteiger partial charge in [-0.1, -0.05) is 61.2 Å². The summed E-state index contributed by atoms with van der Waals surface area (Å²) in [6, 6.07) is 18.3. The molecule has 1 atom stereocenters. The van der Waals surface area contributed by atoms with Gasteiger partial charge in [-0.15, -0.1) is 22.0 Å². The molecule has 0 aliphatic carbocycles. The minimum Gasteiger partial charge on any atom is -0.416 e. The van der Waals surface area contributed by atoms with E-state index in [1.54, 1.807) is 11.8 Å². The first-order chi connectivity index (χ1) is 13.7. The first-order valence-corrected chi connectivity index (χ1v) is 11.2. The number of amides is 1. The minimum absolute atomic E-state index is 0.0650. The van der Waals surface area contributed by atoms with Gasteiger partial charge >= 0.3 is 0 Å². The van der Waals surface area contributed by atoms with Crippen LogP contribution in [0.5, 0.6) is 0 Å². The lowest BCUT2D eigenvalue weighted by molar-refractivity contribution is -0.116. The number of thioether (sulfide) groups is 2. The molecule has 1 aliphatic heterocycles. The fourth-order valence-corrected chi connectivity index (χ4v) is 4.82. The molecule has 2 heterocycles. The van der Waals surface area contributed by atoms with Crippen molar-refractivity contribution in [3.8, 4) is 0 Å². The molecule has 0 fully saturated rings. The quantitative estimate of drug-likeness (QED) is 0.551. The predicted octanol–water partition coefficient (Wildman–Crippen LogP) is 4.65. The molecule has 1 unspecified atom stereocenters. The molecule has 5 nitrogen and oxygen atoms in total. The van der Waals surface area contributed by atoms with Gasteiger partial charge in [0.25, 0.3) is 5.22 Å². The van der Waals surface area contributed by atoms with Gasteiger partial charge < -0.3 is 9.32 Å². The Morgan fingerprint density at radius 1 is 1.18 bits per heavy atom. The van der Waals surface area contributed by atoms with E-state index in [0.29, 0.717) is 23.5 Å². The van der Waals surface area contributed by atoms with Gasteiger partial charge in [-0.2, -0.15) is 0 Å². The Morgan fingerprint density at radius 2 is 1.96 bits per heavy atom. The van der Waals surface area contributed by atoms with Crippen molar-refractivity contribution in [1.82, 2.24) is 10.2 Å². The topological polar surface area (TPSA) is 59.2 Å². The number of fused-ring (bicyclic) bond motifs is 1. The largest absolute Gasteiger partial charge is 0.416 e. The van der Waals surface area contributed by atoms with Crippen molar-refractivity contribution in [2.45, 2.75) is 29.4 Å². The molecule has 0 saturated carbocycles. The summed E-state index contributed by atoms with van der Waals surface area (Å²) in [5.74, 6) is 2.16. The van der Waals surface area contributed by atoms with Crippen molar-refractivity contribution in [3.05, 3.63) is 66.1 Å². The zero-order valence-corrected chi connectivity index (χ0v) is 17.2. The highest BCUT2D eigenvalue weighted by Crippen LogP contribution is 2.34. The highest BCUT2D eigenvalue weighted by Gasteiger charge is 2.23. The van der Waals surface area contributed by atoms with Crippen molar-refractivity contribution in [1.29, 1.82) is 0 Å². The van der Waals surface area contributed by atoms with Gasteiger partial charge in [0.05, 0.1) is 11.4 Å². The zero-order chi connectivity index (χ0) is 19.3. The molecule has 0 saturated heterocycles. The second-order valence-electron chi connectivity index (χ2n) is 6.63. The van der Waals surface area contributed by atoms with E-state index < -0.39 is 0 Å². The fraction of sp³-hybridized carbons (Fsp3) is 0.286. The van der Waals surface area contributed by atoms with Gasteiger partial charge in [0.1, 0.15) is 0 Å². The van der Waals surface area contributed by atoms with Crippen LogP contribution in [0.1, 0.15) is 24.3 Å². The summed E-state index contributed by atoms with van der Waals surface area (Å²) in [4.78, 5) is 15.7. The summed E-state index contributed by atoms with van der Waals surface area (Å²) >= 11 is 3.09. The third kappa shape index (κ3) is 4.42. The van der Waals surface area contributed by atoms with Gasteiger partial charge in [0.15, 0.2) is 0 Å². The van der Waals surface area contributed by atoms with Crippen LogP contribution in [0.25, 0.3) is 0 Å². The van der Waals surface area contributed by atoms with Crippen molar-refractivity contribution in [2.24, 2.45) is 0 Å². The van der Waals surface area contributed by atoms with E-state index in [0.717, 1.165) is 22.9 Å². The molecule has 28 heavy (non-hydrogen) atoms. The number of anilines is 1. The third-order valence-corrected chi connectivity index (χ3v) is 6.49. The Kier molecular flexibility index (Phi) is 6.02. The summed E-state index contributed by atoms with van der Waals surface area (Å²) in [5, 5.41) is 8.69. The van der Waals surface area contributed by atoms with Crippen molar-refractivity contribution in [2.75, 3.05) is 23.0 Å². The zero-order valence-electron chi connectivity index (χ0n) is 15.6. The Morgan fingerprint density at radius 3 is 2.82 bits per heavy atom. The van der Waals surface area contributed by atoms with E-state index >= 15 is 0 Å². The number of aromatic nitrogens is 2. The number of hydrogen-bond acceptors (Lipinski definition) is 6. The maximum Gasteiger partial charge on any atom is 0.277 e. The molecule has 7 heteroatoms. The maximum atomic E-state index is 12.7. The van der Waals surface area contributed by atoms with E-state index in [-0.39, 0.29) is 11.7 Å². The standard InChI is InChI=1S/C21H21N3O2S2/c1-15(16-7-3-2-4-8-16)13-19-22-23-21(26-19)28-14-20(25)24-11-12-27-18-10-6-5-9-17(18)24/h2-10,15H,11-14H2,1H3. The highest BCUT2D eigenvalue weighted by molar-refractivity contribution is 8.00. The van der Waals surface area contributed by atoms with E-state index in [9.17, 15) is 4.79 Å². The number of carbonyl (C=O) groups excluding carboxylic acids is 1. The number of benzene rings is 2. The van der Waals surface area contributed by atoms with Crippen molar-refractivity contribution < 1.29 is 9.21 Å². The van der Waals surface area contributed by atoms with Crippen LogP contribution in [0.3, 0.4) is 0 Å². The van der Waals surface area contributed by atoms with Crippen LogP contribution in [-0.4, -0.2) is 34.2 Å². The van der Waals surface area contributed by atoms with E-state index in [1.807, 2.05) is 41.3 Å². The van der Waals surface area contributed by atoms with Crippen molar-refractivity contribution in [3.63, 3.8) is 0 Å². The lowest BCUT2D eigenvalue weighted by atomic mass is 9.98. The van der Waals surface area contributed by atoms with Crippen LogP contribution in [0.2, 0.25) is 0 Å². The highest BCUT2D eigenvalue weighted by atomic mass is 32.2. The van der Waals surface area contributed by atoms with Crippen LogP contribution in [-0.2, 0) is 11.2 Å². The molecule has 1 aromatic heterocycles. The number of hydrogen-bond donors (Lipinski definition) is 0. The van der Waals surface area contributed by atoms with Crippen LogP contribution >= 0.6 is 23.5 Å². The molecule has 0 bridgehead atoms. The van der Waals surface area contributed by atoms with Gasteiger partial charge in [-0.05, 0) is 23.6 Å². The average Bonchev–Trinajstić information content (AvgIpc) is 3.19. The Labute approximate surface area is 172 Å². The first kappa shape index (κ1) is 19.1. The molecule has 3 aromatic rings. The fourth-order valence-electron chi connectivity index (χ4n) is 3.17. The monoisotopic (exact) mass is 411 g/mol. The SMILES string of the molecule is CC(Cc1nnc(SCC(=O)N2CCSc3ccccc32)o1)c1ccccc1. The molecular formula is C21H21N3O2S2. The summed E-state index contributed by atoms with van der Waals surface area (Å²) in [7, 11) is 0. The molecule has 1 aliphatic rings. The predicted molar refractivity (Wildman–Crippen MR) is 113 cm³/mol. The number of nitrogens with zero attached hydrogens (tertiary/aromatic N) is 3. The van der Waals surface area contributed by atoms with Crippen LogP contribution in [0.15, 0.2) is 69.1 Å². The van der Waals surface area contributed by atoms with E-state index in [4.69, 9.17) is 4.42 Å². The molecule has 4 rings (SSSR count). The van der Waals surface area contributed by atoms with Crippen molar-refractivity contribution >= 4 is 35.1 Å². The molecule has 0 spiro atoms. The van der Waals surface area contributed by atoms with Gasteiger partial charge in [-0.25, -0.2) is 0 Å². The molecule has 1 amide bonds. The Hall–Kier alpha value is -2.25. The Bertz CT molecular complexity index is 946. The van der Waals surface area contributed by atoms with E-state index in [1.165, 1.54) is 17.3 Å². The van der Waals surface area contributed by atoms with Gasteiger partial charge in [0, 0.05) is 23.6 Å². The van der Waals surface area contributed by atoms with Crippen LogP contribution in [0, 0.1) is 0 Å². The smallest absolute Gasteiger partial charge is 0.277 e. The molecule has 0 N–H and O–H groups in total. The summed E-state index contributed by atoms with van der Waals surface area (Å²) in [6.07, 6.45) is 0.683. The number of rotatable bonds is 6. The summed E-state index contributed by atoms with van der Waals surface area (Å²) in [5.41, 5.74) is 2.24. The second-order valence-corrected chi connectivity index (χ2v) is 8.69. The summed E-state index contributed by atoms with van der Waals surface area (Å²) < 4.78 is 5.75. The number of carbonyl (C=O) groups is 1. The molecule has 144 valence electrons. The third-order valence-electron chi connectivity index (χ3n) is 4.65. The minimum atomic E-state index is 0.0650. The van der Waals surface area contributed by atoms with Crippen LogP contribution in [0.4, 0.5) is 5.69 Å². The average molecular weight is 412 g/mol. The van der Waals surface area contributed by atoms with Crippen LogP contribution < -0.4 is 4.90 Å². The molecule has 2 aromatic carbocycles. The normalized spacial score (nSPS) is 14.5. The molecular weight excluding hydrogens is 390 g/mol. The lowest BCUT2D eigenvalue weighted by Crippen LogP contribution is -2.36. The summed E-state index contributed by atoms with van der Waals surface area (Å²) in [6.45, 7) is 2.87. The lowest BCUT2D eigenvalue weighted by Gasteiger charge is -2.28. The van der Waals surface area contributed by atoms with Gasteiger partial charge in [-0.3, -0.25) is 4.79 Å². The first-order valence-electron chi connectivity index (χ1n) is 9.23. The maximum absolute atomic E-state index is 12.7. The van der Waals surface area contributed by atoms with E-state index in [2.05, 4.69) is 35.3 Å². The second kappa shape index (κ2) is 8.84. The molecule has 0 radical (unpaired) electrons. The van der Waals surface area contributed by atoms with Gasteiger partial charge in [0.2, 0.25) is 11.8 Å². The number of para-hydroxylation sites is 1.